The fourth-order valence-corrected chi connectivity index (χ4v) is 3.68. The van der Waals surface area contributed by atoms with Crippen LogP contribution in [0.3, 0.4) is 0 Å². The van der Waals surface area contributed by atoms with E-state index in [4.69, 9.17) is 0 Å². The van der Waals surface area contributed by atoms with Crippen LogP contribution in [-0.4, -0.2) is 45.1 Å². The third-order valence-electron chi connectivity index (χ3n) is 4.69. The average Bonchev–Trinajstić information content (AvgIpc) is 2.52. The summed E-state index contributed by atoms with van der Waals surface area (Å²) in [4.78, 5) is 14.8. The van der Waals surface area contributed by atoms with Crippen LogP contribution in [0.25, 0.3) is 0 Å². The highest BCUT2D eigenvalue weighted by molar-refractivity contribution is 7.90. The van der Waals surface area contributed by atoms with E-state index in [1.54, 1.807) is 29.2 Å². The standard InChI is InChI=1S/C17H26N2O3S.ClH/c1-12-11-15(9-10-18-12)17(20)19(3)13(2)14-5-7-16(8-6-14)23(4,21)22;/h5-8,12-13,15,18H,9-11H2,1-4H3;1H/t12-,13?,15-;/m0./s1. The highest BCUT2D eigenvalue weighted by Crippen LogP contribution is 2.25. The first-order valence-electron chi connectivity index (χ1n) is 8.00. The summed E-state index contributed by atoms with van der Waals surface area (Å²) >= 11 is 0. The van der Waals surface area contributed by atoms with Crippen LogP contribution in [0.1, 0.15) is 38.3 Å². The largest absolute Gasteiger partial charge is 0.339 e. The minimum atomic E-state index is -3.19. The molecule has 2 rings (SSSR count). The second-order valence-electron chi connectivity index (χ2n) is 6.54. The van der Waals surface area contributed by atoms with Gasteiger partial charge in [-0.05, 0) is 50.9 Å². The Bertz CT molecular complexity index is 661. The van der Waals surface area contributed by atoms with E-state index in [0.29, 0.717) is 10.9 Å². The highest BCUT2D eigenvalue weighted by atomic mass is 35.5. The molecule has 7 heteroatoms. The van der Waals surface area contributed by atoms with Crippen molar-refractivity contribution in [2.75, 3.05) is 19.8 Å². The highest BCUT2D eigenvalue weighted by Gasteiger charge is 2.29. The number of rotatable bonds is 4. The molecule has 136 valence electrons. The predicted octanol–water partition coefficient (Wildman–Crippen LogP) is 2.42. The number of nitrogens with one attached hydrogen (secondary N) is 1. The molecule has 0 spiro atoms. The van der Waals surface area contributed by atoms with Crippen molar-refractivity contribution in [1.82, 2.24) is 10.2 Å². The van der Waals surface area contributed by atoms with Crippen LogP contribution in [0.4, 0.5) is 0 Å². The maximum atomic E-state index is 12.7. The molecule has 0 aliphatic carbocycles. The Labute approximate surface area is 151 Å². The number of amides is 1. The summed E-state index contributed by atoms with van der Waals surface area (Å²) in [5.74, 6) is 0.229. The zero-order valence-corrected chi connectivity index (χ0v) is 16.3. The second-order valence-corrected chi connectivity index (χ2v) is 8.56. The van der Waals surface area contributed by atoms with Gasteiger partial charge in [-0.3, -0.25) is 4.79 Å². The smallest absolute Gasteiger partial charge is 0.226 e. The summed E-state index contributed by atoms with van der Waals surface area (Å²) in [5, 5.41) is 3.36. The SMILES string of the molecule is CC(c1ccc(S(C)(=O)=O)cc1)N(C)C(=O)[C@H]1CCN[C@@H](C)C1.Cl. The summed E-state index contributed by atoms with van der Waals surface area (Å²) in [5.41, 5.74) is 0.940. The molecule has 0 bridgehead atoms. The van der Waals surface area contributed by atoms with Crippen LogP contribution in [0.15, 0.2) is 29.2 Å². The normalized spacial score (nSPS) is 22.3. The van der Waals surface area contributed by atoms with Crippen LogP contribution >= 0.6 is 12.4 Å². The second kappa shape index (κ2) is 8.32. The van der Waals surface area contributed by atoms with Gasteiger partial charge >= 0.3 is 0 Å². The lowest BCUT2D eigenvalue weighted by Crippen LogP contribution is -2.43. The molecule has 5 nitrogen and oxygen atoms in total. The molecule has 1 heterocycles. The van der Waals surface area contributed by atoms with Crippen LogP contribution < -0.4 is 5.32 Å². The van der Waals surface area contributed by atoms with Gasteiger partial charge in [0.05, 0.1) is 10.9 Å². The first kappa shape index (κ1) is 20.9. The maximum Gasteiger partial charge on any atom is 0.226 e. The fourth-order valence-electron chi connectivity index (χ4n) is 3.05. The third-order valence-corrected chi connectivity index (χ3v) is 5.82. The Morgan fingerprint density at radius 3 is 2.38 bits per heavy atom. The molecule has 1 aromatic carbocycles. The summed E-state index contributed by atoms with van der Waals surface area (Å²) in [6, 6.07) is 7.07. The fraction of sp³-hybridized carbons (Fsp3) is 0.588. The van der Waals surface area contributed by atoms with Crippen molar-refractivity contribution in [3.63, 3.8) is 0 Å². The number of benzene rings is 1. The quantitative estimate of drug-likeness (QED) is 0.878. The van der Waals surface area contributed by atoms with Crippen molar-refractivity contribution < 1.29 is 13.2 Å². The molecule has 1 aliphatic rings. The van der Waals surface area contributed by atoms with Gasteiger partial charge in [-0.1, -0.05) is 12.1 Å². The van der Waals surface area contributed by atoms with Crippen LogP contribution in [0.2, 0.25) is 0 Å². The Balaban J connectivity index is 0.00000288. The summed E-state index contributed by atoms with van der Waals surface area (Å²) in [6.45, 7) is 4.95. The number of carbonyl (C=O) groups excluding carboxylic acids is 1. The number of piperidine rings is 1. The van der Waals surface area contributed by atoms with Crippen molar-refractivity contribution >= 4 is 28.2 Å². The van der Waals surface area contributed by atoms with Crippen molar-refractivity contribution in [1.29, 1.82) is 0 Å². The van der Waals surface area contributed by atoms with E-state index in [1.807, 2.05) is 14.0 Å². The Morgan fingerprint density at radius 2 is 1.88 bits per heavy atom. The first-order valence-corrected chi connectivity index (χ1v) is 9.89. The molecule has 0 saturated carbocycles. The van der Waals surface area contributed by atoms with E-state index in [9.17, 15) is 13.2 Å². The van der Waals surface area contributed by atoms with Crippen molar-refractivity contribution in [3.8, 4) is 0 Å². The molecule has 1 aliphatic heterocycles. The first-order chi connectivity index (χ1) is 10.7. The zero-order valence-electron chi connectivity index (χ0n) is 14.7. The van der Waals surface area contributed by atoms with Gasteiger partial charge in [0.2, 0.25) is 5.91 Å². The molecule has 1 amide bonds. The van der Waals surface area contributed by atoms with Gasteiger partial charge in [-0.2, -0.15) is 0 Å². The average molecular weight is 375 g/mol. The maximum absolute atomic E-state index is 12.7. The molecular weight excluding hydrogens is 348 g/mol. The number of sulfone groups is 1. The lowest BCUT2D eigenvalue weighted by atomic mass is 9.91. The van der Waals surface area contributed by atoms with Crippen LogP contribution in [0, 0.1) is 5.92 Å². The molecule has 1 aromatic rings. The summed E-state index contributed by atoms with van der Waals surface area (Å²) < 4.78 is 23.0. The third kappa shape index (κ3) is 4.94. The summed E-state index contributed by atoms with van der Waals surface area (Å²) in [6.07, 6.45) is 2.93. The number of hydrogen-bond donors (Lipinski definition) is 1. The van der Waals surface area contributed by atoms with E-state index < -0.39 is 9.84 Å². The van der Waals surface area contributed by atoms with Crippen molar-refractivity contribution in [2.45, 2.75) is 43.7 Å². The van der Waals surface area contributed by atoms with Gasteiger partial charge in [-0.15, -0.1) is 12.4 Å². The van der Waals surface area contributed by atoms with E-state index in [-0.39, 0.29) is 30.3 Å². The van der Waals surface area contributed by atoms with E-state index in [2.05, 4.69) is 12.2 Å². The minimum absolute atomic E-state index is 0. The topological polar surface area (TPSA) is 66.5 Å². The van der Waals surface area contributed by atoms with E-state index in [1.165, 1.54) is 6.26 Å². The van der Waals surface area contributed by atoms with Gasteiger partial charge in [0, 0.05) is 25.3 Å². The molecule has 0 radical (unpaired) electrons. The van der Waals surface area contributed by atoms with Gasteiger partial charge in [0.25, 0.3) is 0 Å². The van der Waals surface area contributed by atoms with Gasteiger partial charge in [0.15, 0.2) is 9.84 Å². The number of nitrogens with zero attached hydrogens (tertiary/aromatic N) is 1. The molecule has 1 N–H and O–H groups in total. The van der Waals surface area contributed by atoms with E-state index >= 15 is 0 Å². The Morgan fingerprint density at radius 1 is 1.29 bits per heavy atom. The van der Waals surface area contributed by atoms with Crippen LogP contribution in [-0.2, 0) is 14.6 Å². The lowest BCUT2D eigenvalue weighted by molar-refractivity contribution is -0.137. The number of halogens is 1. The van der Waals surface area contributed by atoms with Crippen molar-refractivity contribution in [3.05, 3.63) is 29.8 Å². The van der Waals surface area contributed by atoms with E-state index in [0.717, 1.165) is 24.9 Å². The Kier molecular flexibility index (Phi) is 7.25. The number of hydrogen-bond acceptors (Lipinski definition) is 4. The molecule has 1 fully saturated rings. The zero-order chi connectivity index (χ0) is 17.2. The molecule has 1 unspecified atom stereocenters. The summed E-state index contributed by atoms with van der Waals surface area (Å²) in [7, 11) is -1.37. The van der Waals surface area contributed by atoms with Gasteiger partial charge < -0.3 is 10.2 Å². The molecule has 24 heavy (non-hydrogen) atoms. The Hall–Kier alpha value is -1.11. The molecule has 0 aromatic heterocycles. The van der Waals surface area contributed by atoms with Crippen LogP contribution in [0.5, 0.6) is 0 Å². The lowest BCUT2D eigenvalue weighted by Gasteiger charge is -2.33. The monoisotopic (exact) mass is 374 g/mol. The molecule has 3 atom stereocenters. The van der Waals surface area contributed by atoms with Crippen molar-refractivity contribution in [2.24, 2.45) is 5.92 Å². The minimum Gasteiger partial charge on any atom is -0.339 e. The molecule has 1 saturated heterocycles. The number of carbonyl (C=O) groups is 1. The van der Waals surface area contributed by atoms with Gasteiger partial charge in [-0.25, -0.2) is 8.42 Å². The van der Waals surface area contributed by atoms with Gasteiger partial charge in [0.1, 0.15) is 0 Å². The predicted molar refractivity (Wildman–Crippen MR) is 98.2 cm³/mol. The molecular formula is C17H27ClN2O3S.